The van der Waals surface area contributed by atoms with E-state index in [9.17, 15) is 0 Å². The summed E-state index contributed by atoms with van der Waals surface area (Å²) in [6.45, 7) is 2.67. The lowest BCUT2D eigenvalue weighted by molar-refractivity contribution is 0.747. The van der Waals surface area contributed by atoms with Gasteiger partial charge in [-0.2, -0.15) is 5.10 Å². The molecule has 0 bridgehead atoms. The van der Waals surface area contributed by atoms with Gasteiger partial charge in [0, 0.05) is 24.5 Å². The lowest BCUT2D eigenvalue weighted by atomic mass is 10.1. The minimum absolute atomic E-state index is 0.405. The van der Waals surface area contributed by atoms with E-state index in [4.69, 9.17) is 18.0 Å². The zero-order valence-electron chi connectivity index (χ0n) is 10.5. The molecule has 0 radical (unpaired) electrons. The number of benzene rings is 1. The molecule has 18 heavy (non-hydrogen) atoms. The highest BCUT2D eigenvalue weighted by Gasteiger charge is 2.06. The lowest BCUT2D eigenvalue weighted by Gasteiger charge is -2.11. The van der Waals surface area contributed by atoms with Gasteiger partial charge in [0.2, 0.25) is 0 Å². The second kappa shape index (κ2) is 5.18. The predicted molar refractivity (Wildman–Crippen MR) is 77.6 cm³/mol. The maximum Gasteiger partial charge on any atom is 0.106 e. The second-order valence-corrected chi connectivity index (χ2v) is 4.69. The fourth-order valence-electron chi connectivity index (χ4n) is 1.76. The number of hydrogen-bond donors (Lipinski definition) is 2. The Morgan fingerprint density at radius 3 is 2.83 bits per heavy atom. The zero-order chi connectivity index (χ0) is 13.1. The molecule has 2 rings (SSSR count). The first-order valence-corrected chi connectivity index (χ1v) is 6.10. The van der Waals surface area contributed by atoms with Crippen molar-refractivity contribution in [2.75, 3.05) is 5.32 Å². The molecule has 1 heterocycles. The van der Waals surface area contributed by atoms with Crippen LogP contribution in [0, 0.1) is 6.92 Å². The van der Waals surface area contributed by atoms with Crippen molar-refractivity contribution in [1.29, 1.82) is 0 Å². The quantitative estimate of drug-likeness (QED) is 0.825. The van der Waals surface area contributed by atoms with E-state index in [0.717, 1.165) is 22.5 Å². The summed E-state index contributed by atoms with van der Waals surface area (Å²) in [4.78, 5) is 0.405. The average molecular weight is 260 g/mol. The predicted octanol–water partition coefficient (Wildman–Crippen LogP) is 1.97. The van der Waals surface area contributed by atoms with Gasteiger partial charge in [-0.25, -0.2) is 0 Å². The molecule has 1 aromatic heterocycles. The number of anilines is 1. The van der Waals surface area contributed by atoms with Gasteiger partial charge < -0.3 is 11.1 Å². The average Bonchev–Trinajstić information content (AvgIpc) is 2.73. The first kappa shape index (κ1) is 12.6. The van der Waals surface area contributed by atoms with Gasteiger partial charge in [-0.1, -0.05) is 23.8 Å². The van der Waals surface area contributed by atoms with Crippen molar-refractivity contribution in [1.82, 2.24) is 9.78 Å². The topological polar surface area (TPSA) is 55.9 Å². The van der Waals surface area contributed by atoms with Crippen molar-refractivity contribution in [3.63, 3.8) is 0 Å². The Bertz CT molecular complexity index is 574. The molecule has 4 nitrogen and oxygen atoms in total. The molecular weight excluding hydrogens is 244 g/mol. The number of aryl methyl sites for hydroxylation is 2. The first-order chi connectivity index (χ1) is 8.56. The molecule has 0 saturated heterocycles. The third-order valence-corrected chi connectivity index (χ3v) is 2.89. The van der Waals surface area contributed by atoms with Crippen LogP contribution in [-0.2, 0) is 13.6 Å². The molecule has 94 valence electrons. The summed E-state index contributed by atoms with van der Waals surface area (Å²) < 4.78 is 1.78. The summed E-state index contributed by atoms with van der Waals surface area (Å²) >= 11 is 5.06. The minimum atomic E-state index is 0.405. The highest BCUT2D eigenvalue weighted by atomic mass is 32.1. The summed E-state index contributed by atoms with van der Waals surface area (Å²) in [5.41, 5.74) is 9.67. The van der Waals surface area contributed by atoms with Crippen LogP contribution in [0.3, 0.4) is 0 Å². The smallest absolute Gasteiger partial charge is 0.106 e. The maximum atomic E-state index is 5.73. The molecule has 0 atom stereocenters. The fourth-order valence-corrected chi connectivity index (χ4v) is 1.93. The van der Waals surface area contributed by atoms with Crippen LogP contribution in [-0.4, -0.2) is 14.8 Å². The van der Waals surface area contributed by atoms with E-state index in [1.165, 1.54) is 0 Å². The monoisotopic (exact) mass is 260 g/mol. The Morgan fingerprint density at radius 1 is 1.44 bits per heavy atom. The number of nitrogens with two attached hydrogens (primary N) is 1. The molecule has 0 amide bonds. The normalized spacial score (nSPS) is 10.3. The maximum absolute atomic E-state index is 5.73. The Morgan fingerprint density at radius 2 is 2.22 bits per heavy atom. The second-order valence-electron chi connectivity index (χ2n) is 4.25. The summed E-state index contributed by atoms with van der Waals surface area (Å²) in [5, 5.41) is 7.62. The van der Waals surface area contributed by atoms with Crippen LogP contribution in [0.4, 0.5) is 5.69 Å². The molecule has 0 aliphatic carbocycles. The standard InChI is InChI=1S/C13H16N4S/c1-9-3-4-12(11(7-9)13(14)18)15-8-10-5-6-17(2)16-10/h3-7,15H,8H2,1-2H3,(H2,14,18). The van der Waals surface area contributed by atoms with Gasteiger partial charge in [-0.15, -0.1) is 0 Å². The van der Waals surface area contributed by atoms with E-state index in [1.54, 1.807) is 4.68 Å². The van der Waals surface area contributed by atoms with Gasteiger partial charge in [-0.05, 0) is 25.1 Å². The van der Waals surface area contributed by atoms with E-state index in [1.807, 2.05) is 44.4 Å². The van der Waals surface area contributed by atoms with Crippen LogP contribution < -0.4 is 11.1 Å². The SMILES string of the molecule is Cc1ccc(NCc2ccn(C)n2)c(C(N)=S)c1. The fraction of sp³-hybridized carbons (Fsp3) is 0.231. The molecule has 0 fully saturated rings. The van der Waals surface area contributed by atoms with Crippen molar-refractivity contribution in [2.45, 2.75) is 13.5 Å². The van der Waals surface area contributed by atoms with Crippen LogP contribution in [0.2, 0.25) is 0 Å². The van der Waals surface area contributed by atoms with Crippen molar-refractivity contribution in [2.24, 2.45) is 12.8 Å². The van der Waals surface area contributed by atoms with E-state index in [2.05, 4.69) is 10.4 Å². The Labute approximate surface area is 112 Å². The van der Waals surface area contributed by atoms with Crippen LogP contribution in [0.25, 0.3) is 0 Å². The number of hydrogen-bond acceptors (Lipinski definition) is 3. The van der Waals surface area contributed by atoms with E-state index in [-0.39, 0.29) is 0 Å². The largest absolute Gasteiger partial charge is 0.389 e. The van der Waals surface area contributed by atoms with Crippen LogP contribution in [0.15, 0.2) is 30.5 Å². The summed E-state index contributed by atoms with van der Waals surface area (Å²) in [6, 6.07) is 7.99. The Kier molecular flexibility index (Phi) is 3.62. The van der Waals surface area contributed by atoms with Crippen molar-refractivity contribution >= 4 is 22.9 Å². The van der Waals surface area contributed by atoms with E-state index in [0.29, 0.717) is 11.5 Å². The lowest BCUT2D eigenvalue weighted by Crippen LogP contribution is -2.13. The number of aromatic nitrogens is 2. The number of thiocarbonyl (C=S) groups is 1. The molecule has 5 heteroatoms. The van der Waals surface area contributed by atoms with Gasteiger partial charge in [0.1, 0.15) is 4.99 Å². The van der Waals surface area contributed by atoms with Crippen molar-refractivity contribution in [3.8, 4) is 0 Å². The first-order valence-electron chi connectivity index (χ1n) is 5.69. The zero-order valence-corrected chi connectivity index (χ0v) is 11.3. The van der Waals surface area contributed by atoms with Gasteiger partial charge in [0.05, 0.1) is 12.2 Å². The molecule has 1 aromatic carbocycles. The molecule has 0 spiro atoms. The molecule has 2 aromatic rings. The molecule has 3 N–H and O–H groups in total. The molecule has 0 aliphatic heterocycles. The number of nitrogens with zero attached hydrogens (tertiary/aromatic N) is 2. The Hall–Kier alpha value is -1.88. The summed E-state index contributed by atoms with van der Waals surface area (Å²) in [7, 11) is 1.90. The number of nitrogens with one attached hydrogen (secondary N) is 1. The van der Waals surface area contributed by atoms with E-state index >= 15 is 0 Å². The van der Waals surface area contributed by atoms with Crippen LogP contribution in [0.1, 0.15) is 16.8 Å². The van der Waals surface area contributed by atoms with Crippen LogP contribution in [0.5, 0.6) is 0 Å². The van der Waals surface area contributed by atoms with E-state index < -0.39 is 0 Å². The van der Waals surface area contributed by atoms with Gasteiger partial charge in [-0.3, -0.25) is 4.68 Å². The van der Waals surface area contributed by atoms with Gasteiger partial charge in [0.25, 0.3) is 0 Å². The van der Waals surface area contributed by atoms with Gasteiger partial charge in [0.15, 0.2) is 0 Å². The summed E-state index contributed by atoms with van der Waals surface area (Å²) in [5.74, 6) is 0. The van der Waals surface area contributed by atoms with Crippen molar-refractivity contribution < 1.29 is 0 Å². The van der Waals surface area contributed by atoms with Crippen molar-refractivity contribution in [3.05, 3.63) is 47.3 Å². The highest BCUT2D eigenvalue weighted by Crippen LogP contribution is 2.18. The summed E-state index contributed by atoms with van der Waals surface area (Å²) in [6.07, 6.45) is 1.92. The highest BCUT2D eigenvalue weighted by molar-refractivity contribution is 7.80. The third kappa shape index (κ3) is 2.87. The third-order valence-electron chi connectivity index (χ3n) is 2.67. The molecular formula is C13H16N4S. The Balaban J connectivity index is 2.16. The van der Waals surface area contributed by atoms with Crippen LogP contribution >= 0.6 is 12.2 Å². The molecule has 0 saturated carbocycles. The van der Waals surface area contributed by atoms with Gasteiger partial charge >= 0.3 is 0 Å². The molecule has 0 aliphatic rings. The molecule has 0 unspecified atom stereocenters. The minimum Gasteiger partial charge on any atom is -0.389 e. The number of rotatable bonds is 4.